The van der Waals surface area contributed by atoms with Crippen molar-refractivity contribution in [1.82, 2.24) is 16.0 Å². The molecule has 0 radical (unpaired) electrons. The number of carbonyl (C=O) groups excluding carboxylic acids is 1. The van der Waals surface area contributed by atoms with Gasteiger partial charge < -0.3 is 20.1 Å². The predicted octanol–water partition coefficient (Wildman–Crippen LogP) is 1.68. The summed E-state index contributed by atoms with van der Waals surface area (Å²) in [7, 11) is 1.61. The lowest BCUT2D eigenvalue weighted by Crippen LogP contribution is -2.47. The van der Waals surface area contributed by atoms with E-state index in [4.69, 9.17) is 38.1 Å². The summed E-state index contributed by atoms with van der Waals surface area (Å²) in [6.45, 7) is 2.41. The fourth-order valence-corrected chi connectivity index (χ4v) is 2.38. The Balaban J connectivity index is 1.90. The van der Waals surface area contributed by atoms with Crippen LogP contribution in [0.4, 0.5) is 0 Å². The highest BCUT2D eigenvalue weighted by Crippen LogP contribution is 2.22. The molecule has 0 unspecified atom stereocenters. The summed E-state index contributed by atoms with van der Waals surface area (Å²) in [6, 6.07) is 5.24. The molecule has 4 N–H and O–H groups in total. The zero-order valence-corrected chi connectivity index (χ0v) is 16.3. The molecule has 1 aliphatic rings. The van der Waals surface area contributed by atoms with Crippen LogP contribution in [-0.4, -0.2) is 51.1 Å². The largest absolute Gasteiger partial charge is 0.387 e. The summed E-state index contributed by atoms with van der Waals surface area (Å²) in [5, 5.41) is 17.3. The number of nitrogens with one attached hydrogen (secondary N) is 4. The Labute approximate surface area is 167 Å². The van der Waals surface area contributed by atoms with Crippen molar-refractivity contribution in [3.63, 3.8) is 0 Å². The molecule has 27 heavy (non-hydrogen) atoms. The lowest BCUT2D eigenvalue weighted by molar-refractivity contribution is -0.113. The number of amides is 1. The zero-order valence-electron chi connectivity index (χ0n) is 14.8. The molecule has 1 aromatic rings. The summed E-state index contributed by atoms with van der Waals surface area (Å²) < 4.78 is 10.2. The third-order valence-electron chi connectivity index (χ3n) is 3.45. The van der Waals surface area contributed by atoms with Gasteiger partial charge in [-0.05, 0) is 17.7 Å². The van der Waals surface area contributed by atoms with Crippen molar-refractivity contribution in [2.45, 2.75) is 6.54 Å². The standard InChI is InChI=1S/C17H21Cl2N5O3/c1-26-6-7-27-5-4-21-10-14-15(20)16(25)24-17(23-14)22-9-11-2-3-12(18)13(19)8-11/h2-3,8,10,20-21H,4-7,9H2,1H3,(H2,22,23,24,25)/b14-10+,20-15?. The number of methoxy groups -OCH3 is 1. The molecule has 0 saturated heterocycles. The van der Waals surface area contributed by atoms with E-state index in [2.05, 4.69) is 20.9 Å². The summed E-state index contributed by atoms with van der Waals surface area (Å²) in [5.74, 6) is -0.280. The third kappa shape index (κ3) is 6.84. The van der Waals surface area contributed by atoms with E-state index in [1.165, 1.54) is 6.20 Å². The topological polar surface area (TPSA) is 108 Å². The number of aliphatic imine (C=N–C) groups is 1. The van der Waals surface area contributed by atoms with Gasteiger partial charge in [-0.1, -0.05) is 29.3 Å². The van der Waals surface area contributed by atoms with Gasteiger partial charge in [0.15, 0.2) is 0 Å². The molecule has 1 amide bonds. The van der Waals surface area contributed by atoms with Crippen LogP contribution >= 0.6 is 23.2 Å². The number of halogens is 2. The van der Waals surface area contributed by atoms with Gasteiger partial charge in [0.25, 0.3) is 5.91 Å². The van der Waals surface area contributed by atoms with Crippen molar-refractivity contribution in [3.05, 3.63) is 45.7 Å². The van der Waals surface area contributed by atoms with E-state index in [9.17, 15) is 4.79 Å². The number of guanidine groups is 1. The number of ether oxygens (including phenoxy) is 2. The van der Waals surface area contributed by atoms with Crippen LogP contribution < -0.4 is 16.0 Å². The van der Waals surface area contributed by atoms with Crippen LogP contribution in [-0.2, 0) is 20.8 Å². The van der Waals surface area contributed by atoms with Crippen LogP contribution in [0.1, 0.15) is 5.56 Å². The molecule has 0 aliphatic carbocycles. The predicted molar refractivity (Wildman–Crippen MR) is 105 cm³/mol. The Morgan fingerprint density at radius 1 is 1.26 bits per heavy atom. The molecule has 10 heteroatoms. The van der Waals surface area contributed by atoms with Gasteiger partial charge in [-0.15, -0.1) is 0 Å². The quantitative estimate of drug-likeness (QED) is 0.460. The highest BCUT2D eigenvalue weighted by atomic mass is 35.5. The minimum Gasteiger partial charge on any atom is -0.387 e. The van der Waals surface area contributed by atoms with Gasteiger partial charge in [0.2, 0.25) is 5.96 Å². The Morgan fingerprint density at radius 3 is 2.81 bits per heavy atom. The van der Waals surface area contributed by atoms with Crippen LogP contribution in [0.15, 0.2) is 35.1 Å². The Morgan fingerprint density at radius 2 is 2.07 bits per heavy atom. The highest BCUT2D eigenvalue weighted by molar-refractivity contribution is 6.47. The molecular formula is C17H21Cl2N5O3. The Bertz CT molecular complexity index is 752. The minimum absolute atomic E-state index is 0.220. The SMILES string of the molecule is COCCOCCN/C=C1/N=C(NCc2ccc(Cl)c(Cl)c2)NC(=O)C1=N. The second-order valence-electron chi connectivity index (χ2n) is 5.48. The molecule has 1 heterocycles. The van der Waals surface area contributed by atoms with Crippen molar-refractivity contribution < 1.29 is 14.3 Å². The molecular weight excluding hydrogens is 393 g/mol. The molecule has 1 aromatic carbocycles. The summed E-state index contributed by atoms with van der Waals surface area (Å²) in [4.78, 5) is 16.2. The lowest BCUT2D eigenvalue weighted by atomic mass is 10.2. The average molecular weight is 414 g/mol. The van der Waals surface area contributed by atoms with Crippen LogP contribution in [0.2, 0.25) is 10.0 Å². The minimum atomic E-state index is -0.536. The van der Waals surface area contributed by atoms with Crippen molar-refractivity contribution >= 4 is 40.8 Å². The number of nitrogens with zero attached hydrogens (tertiary/aromatic N) is 1. The van der Waals surface area contributed by atoms with E-state index in [0.29, 0.717) is 43.0 Å². The summed E-state index contributed by atoms with van der Waals surface area (Å²) in [5.41, 5.74) is 0.883. The molecule has 146 valence electrons. The van der Waals surface area contributed by atoms with Crippen LogP contribution in [0.5, 0.6) is 0 Å². The van der Waals surface area contributed by atoms with Crippen LogP contribution in [0.25, 0.3) is 0 Å². The third-order valence-corrected chi connectivity index (χ3v) is 4.19. The van der Waals surface area contributed by atoms with E-state index < -0.39 is 5.91 Å². The van der Waals surface area contributed by atoms with Gasteiger partial charge in [0, 0.05) is 26.4 Å². The maximum Gasteiger partial charge on any atom is 0.278 e. The molecule has 1 aliphatic heterocycles. The first-order chi connectivity index (χ1) is 13.0. The second-order valence-corrected chi connectivity index (χ2v) is 6.29. The zero-order chi connectivity index (χ0) is 19.6. The first kappa shape index (κ1) is 21.2. The molecule has 0 aromatic heterocycles. The Kier molecular flexibility index (Phi) is 8.53. The number of rotatable bonds is 9. The van der Waals surface area contributed by atoms with Gasteiger partial charge in [0.05, 0.1) is 29.9 Å². The smallest absolute Gasteiger partial charge is 0.278 e. The highest BCUT2D eigenvalue weighted by Gasteiger charge is 2.22. The van der Waals surface area contributed by atoms with Gasteiger partial charge in [-0.3, -0.25) is 15.5 Å². The molecule has 0 atom stereocenters. The maximum atomic E-state index is 11.9. The van der Waals surface area contributed by atoms with Gasteiger partial charge in [0.1, 0.15) is 11.4 Å². The number of hydrogen-bond acceptors (Lipinski definition) is 7. The monoisotopic (exact) mass is 413 g/mol. The van der Waals surface area contributed by atoms with Crippen molar-refractivity contribution in [1.29, 1.82) is 5.41 Å². The number of benzene rings is 1. The molecule has 0 spiro atoms. The first-order valence-electron chi connectivity index (χ1n) is 8.18. The van der Waals surface area contributed by atoms with Gasteiger partial charge >= 0.3 is 0 Å². The van der Waals surface area contributed by atoms with E-state index >= 15 is 0 Å². The lowest BCUT2D eigenvalue weighted by Gasteiger charge is -2.17. The fourth-order valence-electron chi connectivity index (χ4n) is 2.06. The molecule has 0 fully saturated rings. The molecule has 8 nitrogen and oxygen atoms in total. The van der Waals surface area contributed by atoms with Gasteiger partial charge in [-0.25, -0.2) is 4.99 Å². The molecule has 0 saturated carbocycles. The van der Waals surface area contributed by atoms with Crippen molar-refractivity contribution in [3.8, 4) is 0 Å². The maximum absolute atomic E-state index is 11.9. The molecule has 2 rings (SSSR count). The van der Waals surface area contributed by atoms with Crippen molar-refractivity contribution in [2.24, 2.45) is 4.99 Å². The normalized spacial score (nSPS) is 15.5. The van der Waals surface area contributed by atoms with Gasteiger partial charge in [-0.2, -0.15) is 0 Å². The average Bonchev–Trinajstić information content (AvgIpc) is 2.65. The fraction of sp³-hybridized carbons (Fsp3) is 0.353. The van der Waals surface area contributed by atoms with Crippen LogP contribution in [0.3, 0.4) is 0 Å². The number of hydrogen-bond donors (Lipinski definition) is 4. The number of carbonyl (C=O) groups is 1. The summed E-state index contributed by atoms with van der Waals surface area (Å²) in [6.07, 6.45) is 1.52. The van der Waals surface area contributed by atoms with Crippen LogP contribution in [0, 0.1) is 5.41 Å². The van der Waals surface area contributed by atoms with E-state index in [1.807, 2.05) is 6.07 Å². The Hall–Kier alpha value is -2.13. The summed E-state index contributed by atoms with van der Waals surface area (Å²) >= 11 is 11.9. The van der Waals surface area contributed by atoms with E-state index in [1.54, 1.807) is 19.2 Å². The molecule has 0 bridgehead atoms. The first-order valence-corrected chi connectivity index (χ1v) is 8.94. The van der Waals surface area contributed by atoms with Crippen molar-refractivity contribution in [2.75, 3.05) is 33.5 Å². The van der Waals surface area contributed by atoms with E-state index in [0.717, 1.165) is 5.56 Å². The van der Waals surface area contributed by atoms with E-state index in [-0.39, 0.29) is 17.4 Å². The second kappa shape index (κ2) is 10.9.